The first-order valence-electron chi connectivity index (χ1n) is 5.08. The minimum Gasteiger partial charge on any atom is -0.444 e. The van der Waals surface area contributed by atoms with Crippen molar-refractivity contribution in [2.24, 2.45) is 5.73 Å². The molecule has 15 heavy (non-hydrogen) atoms. The van der Waals surface area contributed by atoms with Gasteiger partial charge in [-0.15, -0.1) is 0 Å². The van der Waals surface area contributed by atoms with Gasteiger partial charge in [-0.1, -0.05) is 37.3 Å². The van der Waals surface area contributed by atoms with Gasteiger partial charge in [0, 0.05) is 12.8 Å². The number of esters is 1. The molecule has 0 aliphatic carbocycles. The van der Waals surface area contributed by atoms with Gasteiger partial charge in [-0.25, -0.2) is 0 Å². The second kappa shape index (κ2) is 4.94. The summed E-state index contributed by atoms with van der Waals surface area (Å²) >= 11 is 0. The summed E-state index contributed by atoms with van der Waals surface area (Å²) in [5, 5.41) is 0. The lowest BCUT2D eigenvalue weighted by molar-refractivity contribution is -0.157. The quantitative estimate of drug-likeness (QED) is 0.605. The van der Waals surface area contributed by atoms with E-state index in [1.807, 2.05) is 30.3 Å². The first-order valence-corrected chi connectivity index (χ1v) is 5.08. The van der Waals surface area contributed by atoms with Crippen LogP contribution in [-0.4, -0.2) is 11.7 Å². The summed E-state index contributed by atoms with van der Waals surface area (Å²) in [4.78, 5) is 11.1. The van der Waals surface area contributed by atoms with E-state index >= 15 is 0 Å². The first-order chi connectivity index (χ1) is 7.03. The van der Waals surface area contributed by atoms with Crippen molar-refractivity contribution >= 4 is 5.97 Å². The Morgan fingerprint density at radius 1 is 1.40 bits per heavy atom. The van der Waals surface area contributed by atoms with Crippen LogP contribution in [0, 0.1) is 0 Å². The number of nitrogens with two attached hydrogens (primary N) is 1. The molecule has 0 saturated heterocycles. The van der Waals surface area contributed by atoms with Gasteiger partial charge in [0.1, 0.15) is 0 Å². The second-order valence-electron chi connectivity index (χ2n) is 3.80. The second-order valence-corrected chi connectivity index (χ2v) is 3.80. The van der Waals surface area contributed by atoms with E-state index in [2.05, 4.69) is 0 Å². The molecule has 82 valence electrons. The third kappa shape index (κ3) is 4.13. The molecule has 0 heterocycles. The van der Waals surface area contributed by atoms with Crippen molar-refractivity contribution in [2.45, 2.75) is 32.4 Å². The van der Waals surface area contributed by atoms with Crippen LogP contribution in [-0.2, 0) is 16.0 Å². The smallest absolute Gasteiger partial charge is 0.307 e. The molecule has 0 spiro atoms. The number of carbonyl (C=O) groups excluding carboxylic acids is 1. The van der Waals surface area contributed by atoms with Gasteiger partial charge in [0.2, 0.25) is 0 Å². The first kappa shape index (κ1) is 11.7. The zero-order chi connectivity index (χ0) is 11.3. The maximum atomic E-state index is 11.1. The van der Waals surface area contributed by atoms with Crippen molar-refractivity contribution in [2.75, 3.05) is 0 Å². The van der Waals surface area contributed by atoms with Gasteiger partial charge in [-0.3, -0.25) is 10.5 Å². The highest BCUT2D eigenvalue weighted by Crippen LogP contribution is 2.12. The van der Waals surface area contributed by atoms with Crippen LogP contribution < -0.4 is 5.73 Å². The van der Waals surface area contributed by atoms with Crippen molar-refractivity contribution in [3.8, 4) is 0 Å². The number of carbonyl (C=O) groups is 1. The fraction of sp³-hybridized carbons (Fsp3) is 0.417. The van der Waals surface area contributed by atoms with Crippen LogP contribution >= 0.6 is 0 Å². The predicted octanol–water partition coefficient (Wildman–Crippen LogP) is 1.86. The van der Waals surface area contributed by atoms with Gasteiger partial charge in [-0.05, 0) is 12.5 Å². The maximum absolute atomic E-state index is 11.1. The average molecular weight is 207 g/mol. The number of hydrogen-bond acceptors (Lipinski definition) is 3. The molecule has 1 rings (SSSR count). The summed E-state index contributed by atoms with van der Waals surface area (Å²) < 4.78 is 5.13. The number of hydrogen-bond donors (Lipinski definition) is 1. The average Bonchev–Trinajstić information content (AvgIpc) is 2.17. The maximum Gasteiger partial charge on any atom is 0.307 e. The molecule has 0 radical (unpaired) electrons. The molecule has 1 aromatic rings. The van der Waals surface area contributed by atoms with Gasteiger partial charge in [-0.2, -0.15) is 0 Å². The number of benzene rings is 1. The molecule has 1 aromatic carbocycles. The Hall–Kier alpha value is -1.35. The van der Waals surface area contributed by atoms with E-state index in [1.54, 1.807) is 13.8 Å². The van der Waals surface area contributed by atoms with Gasteiger partial charge in [0.25, 0.3) is 0 Å². The minimum absolute atomic E-state index is 0.268. The summed E-state index contributed by atoms with van der Waals surface area (Å²) in [6.45, 7) is 3.47. The topological polar surface area (TPSA) is 52.3 Å². The Labute approximate surface area is 90.2 Å². The van der Waals surface area contributed by atoms with Crippen LogP contribution in [0.25, 0.3) is 0 Å². The van der Waals surface area contributed by atoms with Crippen LogP contribution in [0.3, 0.4) is 0 Å². The lowest BCUT2D eigenvalue weighted by Crippen LogP contribution is -2.43. The van der Waals surface area contributed by atoms with Crippen molar-refractivity contribution in [3.63, 3.8) is 0 Å². The summed E-state index contributed by atoms with van der Waals surface area (Å²) in [6.07, 6.45) is 0.876. The van der Waals surface area contributed by atoms with E-state index in [0.717, 1.165) is 5.56 Å². The van der Waals surface area contributed by atoms with Gasteiger partial charge < -0.3 is 4.74 Å². The Kier molecular flexibility index (Phi) is 3.86. The third-order valence-corrected chi connectivity index (χ3v) is 2.03. The molecule has 0 saturated carbocycles. The van der Waals surface area contributed by atoms with E-state index in [-0.39, 0.29) is 5.97 Å². The van der Waals surface area contributed by atoms with E-state index < -0.39 is 5.72 Å². The predicted molar refractivity (Wildman–Crippen MR) is 59.1 cm³/mol. The van der Waals surface area contributed by atoms with Crippen molar-refractivity contribution in [1.29, 1.82) is 0 Å². The van der Waals surface area contributed by atoms with E-state index in [9.17, 15) is 4.79 Å². The van der Waals surface area contributed by atoms with Crippen LogP contribution in [0.2, 0.25) is 0 Å². The molecule has 1 atom stereocenters. The monoisotopic (exact) mass is 207 g/mol. The van der Waals surface area contributed by atoms with Crippen LogP contribution in [0.15, 0.2) is 30.3 Å². The molecule has 3 heteroatoms. The number of ether oxygens (including phenoxy) is 1. The Balaban J connectivity index is 2.60. The summed E-state index contributed by atoms with van der Waals surface area (Å²) in [5.74, 6) is -0.268. The van der Waals surface area contributed by atoms with Gasteiger partial charge in [0.05, 0.1) is 0 Å². The van der Waals surface area contributed by atoms with Crippen LogP contribution in [0.4, 0.5) is 0 Å². The molecule has 0 aliphatic rings. The molecule has 3 nitrogen and oxygen atoms in total. The molecule has 0 fully saturated rings. The Morgan fingerprint density at radius 2 is 2.00 bits per heavy atom. The molecular formula is C12H17NO2. The van der Waals surface area contributed by atoms with Gasteiger partial charge >= 0.3 is 5.97 Å². The zero-order valence-electron chi connectivity index (χ0n) is 9.19. The highest BCUT2D eigenvalue weighted by Gasteiger charge is 2.22. The van der Waals surface area contributed by atoms with E-state index in [0.29, 0.717) is 12.8 Å². The van der Waals surface area contributed by atoms with Crippen molar-refractivity contribution < 1.29 is 9.53 Å². The lowest BCUT2D eigenvalue weighted by atomic mass is 10.1. The van der Waals surface area contributed by atoms with E-state index in [1.165, 1.54) is 0 Å². The zero-order valence-corrected chi connectivity index (χ0v) is 9.19. The highest BCUT2D eigenvalue weighted by atomic mass is 16.6. The normalized spacial score (nSPS) is 14.3. The largest absolute Gasteiger partial charge is 0.444 e. The standard InChI is InChI=1S/C12H17NO2/c1-3-11(14)15-12(2,13)9-10-7-5-4-6-8-10/h4-8H,3,9,13H2,1-2H3/t12-/m1/s1. The Morgan fingerprint density at radius 3 is 2.53 bits per heavy atom. The van der Waals surface area contributed by atoms with E-state index in [4.69, 9.17) is 10.5 Å². The molecule has 2 N–H and O–H groups in total. The third-order valence-electron chi connectivity index (χ3n) is 2.03. The lowest BCUT2D eigenvalue weighted by Gasteiger charge is -2.24. The van der Waals surface area contributed by atoms with Crippen molar-refractivity contribution in [3.05, 3.63) is 35.9 Å². The SMILES string of the molecule is CCC(=O)O[C@@](C)(N)Cc1ccccc1. The minimum atomic E-state index is -0.922. The highest BCUT2D eigenvalue weighted by molar-refractivity contribution is 5.69. The van der Waals surface area contributed by atoms with Crippen molar-refractivity contribution in [1.82, 2.24) is 0 Å². The van der Waals surface area contributed by atoms with Gasteiger partial charge in [0.15, 0.2) is 5.72 Å². The number of rotatable bonds is 4. The molecule has 0 aromatic heterocycles. The summed E-state index contributed by atoms with van der Waals surface area (Å²) in [6, 6.07) is 9.74. The van der Waals surface area contributed by atoms with Crippen LogP contribution in [0.5, 0.6) is 0 Å². The molecule has 0 unspecified atom stereocenters. The molecule has 0 bridgehead atoms. The Bertz CT molecular complexity index is 320. The summed E-state index contributed by atoms with van der Waals surface area (Å²) in [5.41, 5.74) is 6.02. The molecule has 0 amide bonds. The molecular weight excluding hydrogens is 190 g/mol. The molecule has 0 aliphatic heterocycles. The fourth-order valence-corrected chi connectivity index (χ4v) is 1.37. The fourth-order valence-electron chi connectivity index (χ4n) is 1.37. The summed E-state index contributed by atoms with van der Waals surface area (Å²) in [7, 11) is 0. The van der Waals surface area contributed by atoms with Crippen LogP contribution in [0.1, 0.15) is 25.8 Å².